The number of guanidine groups is 1. The number of halogens is 1. The molecule has 2 unspecified atom stereocenters. The average Bonchev–Trinajstić information content (AvgIpc) is 3.01. The molecule has 0 saturated carbocycles. The molecule has 0 radical (unpaired) electrons. The first kappa shape index (κ1) is 23.9. The SMILES string of the molecule is CCNC(=NCC(CC)N1CCCC1)NCC(OC)C(C)(C)C.I. The number of aliphatic imine (C=N–C) groups is 1. The Morgan fingerprint density at radius 1 is 1.17 bits per heavy atom. The van der Waals surface area contributed by atoms with Crippen molar-refractivity contribution in [3.05, 3.63) is 0 Å². The zero-order chi connectivity index (χ0) is 17.3. The number of methoxy groups -OCH3 is 1. The number of rotatable bonds is 8. The van der Waals surface area contributed by atoms with E-state index in [2.05, 4.69) is 50.2 Å². The second kappa shape index (κ2) is 12.3. The molecule has 0 aromatic carbocycles. The maximum Gasteiger partial charge on any atom is 0.191 e. The summed E-state index contributed by atoms with van der Waals surface area (Å²) in [6.45, 7) is 15.9. The highest BCUT2D eigenvalue weighted by Gasteiger charge is 2.24. The van der Waals surface area contributed by atoms with E-state index in [1.165, 1.54) is 25.9 Å². The van der Waals surface area contributed by atoms with Crippen molar-refractivity contribution in [2.45, 2.75) is 66.0 Å². The first-order valence-corrected chi connectivity index (χ1v) is 9.21. The largest absolute Gasteiger partial charge is 0.379 e. The monoisotopic (exact) mass is 454 g/mol. The molecular formula is C18H39IN4O. The van der Waals surface area contributed by atoms with Crippen LogP contribution < -0.4 is 10.6 Å². The summed E-state index contributed by atoms with van der Waals surface area (Å²) in [7, 11) is 1.78. The van der Waals surface area contributed by atoms with Gasteiger partial charge in [-0.05, 0) is 44.7 Å². The van der Waals surface area contributed by atoms with E-state index in [0.717, 1.165) is 32.0 Å². The minimum absolute atomic E-state index is 0. The Labute approximate surface area is 166 Å². The fraction of sp³-hybridized carbons (Fsp3) is 0.944. The van der Waals surface area contributed by atoms with E-state index in [0.29, 0.717) is 6.04 Å². The minimum Gasteiger partial charge on any atom is -0.379 e. The lowest BCUT2D eigenvalue weighted by atomic mass is 9.89. The third-order valence-electron chi connectivity index (χ3n) is 4.64. The van der Waals surface area contributed by atoms with Gasteiger partial charge in [0.15, 0.2) is 5.96 Å². The highest BCUT2D eigenvalue weighted by molar-refractivity contribution is 14.0. The zero-order valence-corrected chi connectivity index (χ0v) is 18.9. The van der Waals surface area contributed by atoms with Gasteiger partial charge in [0, 0.05) is 26.2 Å². The molecule has 1 fully saturated rings. The van der Waals surface area contributed by atoms with E-state index in [9.17, 15) is 0 Å². The predicted octanol–water partition coefficient (Wildman–Crippen LogP) is 3.10. The number of likely N-dealkylation sites (tertiary alicyclic amines) is 1. The number of hydrogen-bond donors (Lipinski definition) is 2. The molecule has 0 amide bonds. The van der Waals surface area contributed by atoms with Gasteiger partial charge in [0.05, 0.1) is 12.6 Å². The van der Waals surface area contributed by atoms with Gasteiger partial charge in [-0.2, -0.15) is 0 Å². The van der Waals surface area contributed by atoms with E-state index in [1.54, 1.807) is 7.11 Å². The summed E-state index contributed by atoms with van der Waals surface area (Å²) >= 11 is 0. The molecule has 144 valence electrons. The van der Waals surface area contributed by atoms with Crippen molar-refractivity contribution < 1.29 is 4.74 Å². The molecule has 24 heavy (non-hydrogen) atoms. The van der Waals surface area contributed by atoms with Gasteiger partial charge in [0.2, 0.25) is 0 Å². The van der Waals surface area contributed by atoms with Crippen molar-refractivity contribution in [2.75, 3.05) is 39.8 Å². The van der Waals surface area contributed by atoms with Crippen LogP contribution in [0.4, 0.5) is 0 Å². The standard InChI is InChI=1S/C18H38N4O.HI/c1-7-15(22-11-9-10-12-22)13-20-17(19-8-2)21-14-16(23-6)18(3,4)5;/h15-16H,7-14H2,1-6H3,(H2,19,20,21);1H. The van der Waals surface area contributed by atoms with Crippen LogP contribution in [0.25, 0.3) is 0 Å². The molecule has 1 heterocycles. The summed E-state index contributed by atoms with van der Waals surface area (Å²) in [4.78, 5) is 7.40. The maximum absolute atomic E-state index is 5.62. The van der Waals surface area contributed by atoms with Crippen molar-refractivity contribution in [1.29, 1.82) is 0 Å². The van der Waals surface area contributed by atoms with Gasteiger partial charge in [0.25, 0.3) is 0 Å². The Morgan fingerprint density at radius 2 is 1.79 bits per heavy atom. The summed E-state index contributed by atoms with van der Waals surface area (Å²) in [5.41, 5.74) is 0.112. The Balaban J connectivity index is 0.00000529. The van der Waals surface area contributed by atoms with Gasteiger partial charge in [-0.3, -0.25) is 9.89 Å². The summed E-state index contributed by atoms with van der Waals surface area (Å²) in [6.07, 6.45) is 3.98. The van der Waals surface area contributed by atoms with Gasteiger partial charge in [0.1, 0.15) is 0 Å². The lowest BCUT2D eigenvalue weighted by Gasteiger charge is -2.30. The molecule has 6 heteroatoms. The third-order valence-corrected chi connectivity index (χ3v) is 4.64. The molecular weight excluding hydrogens is 415 g/mol. The van der Waals surface area contributed by atoms with Crippen molar-refractivity contribution in [2.24, 2.45) is 10.4 Å². The lowest BCUT2D eigenvalue weighted by molar-refractivity contribution is 0.0205. The van der Waals surface area contributed by atoms with Crippen molar-refractivity contribution in [3.8, 4) is 0 Å². The molecule has 0 aromatic heterocycles. The molecule has 0 aliphatic carbocycles. The molecule has 0 bridgehead atoms. The van der Waals surface area contributed by atoms with Gasteiger partial charge < -0.3 is 15.4 Å². The summed E-state index contributed by atoms with van der Waals surface area (Å²) in [5.74, 6) is 0.899. The second-order valence-electron chi connectivity index (χ2n) is 7.50. The summed E-state index contributed by atoms with van der Waals surface area (Å²) < 4.78 is 5.62. The van der Waals surface area contributed by atoms with Crippen molar-refractivity contribution in [3.63, 3.8) is 0 Å². The normalized spacial score (nSPS) is 18.8. The van der Waals surface area contributed by atoms with Gasteiger partial charge >= 0.3 is 0 Å². The van der Waals surface area contributed by atoms with Crippen LogP contribution in [-0.4, -0.2) is 62.8 Å². The van der Waals surface area contributed by atoms with E-state index < -0.39 is 0 Å². The van der Waals surface area contributed by atoms with Crippen LogP contribution in [0, 0.1) is 5.41 Å². The van der Waals surface area contributed by atoms with Crippen LogP contribution in [0.15, 0.2) is 4.99 Å². The van der Waals surface area contributed by atoms with Crippen LogP contribution >= 0.6 is 24.0 Å². The number of nitrogens with zero attached hydrogens (tertiary/aromatic N) is 2. The summed E-state index contributed by atoms with van der Waals surface area (Å²) in [5, 5.41) is 6.79. The number of ether oxygens (including phenoxy) is 1. The fourth-order valence-electron chi connectivity index (χ4n) is 3.08. The van der Waals surface area contributed by atoms with Gasteiger partial charge in [-0.1, -0.05) is 27.7 Å². The average molecular weight is 454 g/mol. The molecule has 5 nitrogen and oxygen atoms in total. The zero-order valence-electron chi connectivity index (χ0n) is 16.5. The minimum atomic E-state index is 0. The first-order chi connectivity index (χ1) is 10.9. The Bertz CT molecular complexity index is 351. The van der Waals surface area contributed by atoms with E-state index in [-0.39, 0.29) is 35.5 Å². The van der Waals surface area contributed by atoms with Crippen molar-refractivity contribution in [1.82, 2.24) is 15.5 Å². The molecule has 2 atom stereocenters. The Kier molecular flexibility index (Phi) is 12.3. The van der Waals surface area contributed by atoms with Crippen molar-refractivity contribution >= 4 is 29.9 Å². The fourth-order valence-corrected chi connectivity index (χ4v) is 3.08. The lowest BCUT2D eigenvalue weighted by Crippen LogP contribution is -2.46. The van der Waals surface area contributed by atoms with Gasteiger partial charge in [-0.15, -0.1) is 24.0 Å². The molecule has 0 spiro atoms. The van der Waals surface area contributed by atoms with Crippen LogP contribution in [0.3, 0.4) is 0 Å². The smallest absolute Gasteiger partial charge is 0.191 e. The highest BCUT2D eigenvalue weighted by Crippen LogP contribution is 2.21. The highest BCUT2D eigenvalue weighted by atomic mass is 127. The van der Waals surface area contributed by atoms with Crippen LogP contribution in [-0.2, 0) is 4.74 Å². The van der Waals surface area contributed by atoms with E-state index >= 15 is 0 Å². The second-order valence-corrected chi connectivity index (χ2v) is 7.50. The predicted molar refractivity (Wildman–Crippen MR) is 115 cm³/mol. The quantitative estimate of drug-likeness (QED) is 0.336. The molecule has 1 saturated heterocycles. The molecule has 1 rings (SSSR count). The molecule has 2 N–H and O–H groups in total. The van der Waals surface area contributed by atoms with Gasteiger partial charge in [-0.25, -0.2) is 0 Å². The van der Waals surface area contributed by atoms with Crippen LogP contribution in [0.5, 0.6) is 0 Å². The Hall–Kier alpha value is -0.0800. The number of nitrogens with one attached hydrogen (secondary N) is 2. The Morgan fingerprint density at radius 3 is 2.25 bits per heavy atom. The molecule has 1 aliphatic heterocycles. The van der Waals surface area contributed by atoms with Crippen LogP contribution in [0.2, 0.25) is 0 Å². The molecule has 0 aromatic rings. The number of hydrogen-bond acceptors (Lipinski definition) is 3. The van der Waals surface area contributed by atoms with E-state index in [1.807, 2.05) is 0 Å². The third kappa shape index (κ3) is 8.34. The first-order valence-electron chi connectivity index (χ1n) is 9.21. The van der Waals surface area contributed by atoms with E-state index in [4.69, 9.17) is 9.73 Å². The topological polar surface area (TPSA) is 48.9 Å². The summed E-state index contributed by atoms with van der Waals surface area (Å²) in [6, 6.07) is 0.564. The van der Waals surface area contributed by atoms with Crippen LogP contribution in [0.1, 0.15) is 53.9 Å². The maximum atomic E-state index is 5.62. The molecule has 1 aliphatic rings.